The molecule has 0 aromatic heterocycles. The van der Waals surface area contributed by atoms with E-state index in [1.165, 1.54) is 16.7 Å². The topological polar surface area (TPSA) is 0 Å². The summed E-state index contributed by atoms with van der Waals surface area (Å²) in [6.45, 7) is 14.4. The van der Waals surface area contributed by atoms with Gasteiger partial charge < -0.3 is 0 Å². The van der Waals surface area contributed by atoms with Gasteiger partial charge in [0.15, 0.2) is 0 Å². The van der Waals surface area contributed by atoms with Gasteiger partial charge in [-0.3, -0.25) is 0 Å². The Bertz CT molecular complexity index is 4.53. The minimum atomic E-state index is 1.25. The Balaban J connectivity index is -0.0000000190. The summed E-state index contributed by atoms with van der Waals surface area (Å²) in [4.78, 5) is 0. The second kappa shape index (κ2) is 289. The van der Waals surface area contributed by atoms with Crippen LogP contribution in [0.1, 0.15) is 48.0 Å². The van der Waals surface area contributed by atoms with Crippen LogP contribution in [0.5, 0.6) is 0 Å². The van der Waals surface area contributed by atoms with Crippen molar-refractivity contribution < 1.29 is 0 Å². The molecule has 1 heteroatoms. The van der Waals surface area contributed by atoms with Crippen LogP contribution in [0.3, 0.4) is 0 Å². The van der Waals surface area contributed by atoms with Gasteiger partial charge in [0.25, 0.3) is 0 Å². The molecule has 0 aromatic carbocycles. The minimum absolute atomic E-state index is 1.25. The second-order valence-electron chi connectivity index (χ2n) is 0.707. The Hall–Kier alpha value is 0.217. The van der Waals surface area contributed by atoms with E-state index in [9.17, 15) is 0 Å². The first-order valence-electron chi connectivity index (χ1n) is 4.41. The highest BCUT2D eigenvalue weighted by molar-refractivity contribution is 6.05. The Morgan fingerprint density at radius 1 is 0.778 bits per heavy atom. The molecular weight excluding hydrogens is 124 g/mol. The van der Waals surface area contributed by atoms with Crippen LogP contribution in [-0.4, -0.2) is 10.2 Å². The summed E-state index contributed by atoms with van der Waals surface area (Å²) < 4.78 is 0. The van der Waals surface area contributed by atoms with E-state index < -0.39 is 0 Å². The molecule has 0 nitrogen and oxygen atoms in total. The van der Waals surface area contributed by atoms with E-state index in [4.69, 9.17) is 0 Å². The summed E-state index contributed by atoms with van der Waals surface area (Å²) >= 11 is 0. The quantitative estimate of drug-likeness (QED) is 0.466. The highest BCUT2D eigenvalue weighted by Gasteiger charge is 1.35. The zero-order chi connectivity index (χ0) is 8.71. The van der Waals surface area contributed by atoms with Gasteiger partial charge in [-0.1, -0.05) is 54.5 Å². The molecule has 0 aliphatic rings. The maximum Gasteiger partial charge on any atom is -0.000585 e. The van der Waals surface area contributed by atoms with Crippen molar-refractivity contribution in [2.75, 3.05) is 0 Å². The van der Waals surface area contributed by atoms with Gasteiger partial charge in [0.1, 0.15) is 0 Å². The van der Waals surface area contributed by atoms with Crippen molar-refractivity contribution >= 4 is 10.2 Å². The summed E-state index contributed by atoms with van der Waals surface area (Å²) in [5, 5.41) is 0. The Labute approximate surface area is 65.5 Å². The monoisotopic (exact) mass is 150 g/mol. The highest BCUT2D eigenvalue weighted by Crippen LogP contribution is 1.56. The first kappa shape index (κ1) is 22.9. The average molecular weight is 150 g/mol. The van der Waals surface area contributed by atoms with Crippen molar-refractivity contribution in [2.45, 2.75) is 54.5 Å². The fourth-order valence-electron chi connectivity index (χ4n) is 0. The normalized spacial score (nSPS) is 4.33. The van der Waals surface area contributed by atoms with Crippen LogP contribution in [0.15, 0.2) is 0 Å². The van der Waals surface area contributed by atoms with E-state index in [0.717, 1.165) is 0 Å². The largest absolute Gasteiger partial charge is 0.0777 e. The molecule has 0 fully saturated rings. The van der Waals surface area contributed by atoms with E-state index in [1.54, 1.807) is 0 Å². The van der Waals surface area contributed by atoms with Crippen molar-refractivity contribution in [3.63, 3.8) is 0 Å². The lowest BCUT2D eigenvalue weighted by atomic mass is 10.6. The van der Waals surface area contributed by atoms with Gasteiger partial charge in [-0.05, 0) is 10.2 Å². The molecule has 62 valence electrons. The van der Waals surface area contributed by atoms with Crippen molar-refractivity contribution in [3.05, 3.63) is 0 Å². The fraction of sp³-hybridized carbons (Fsp3) is 1.00. The third kappa shape index (κ3) is 6750. The van der Waals surface area contributed by atoms with Crippen LogP contribution in [-0.2, 0) is 0 Å². The first-order valence-corrected chi connectivity index (χ1v) is 6.41. The van der Waals surface area contributed by atoms with E-state index in [0.29, 0.717) is 0 Å². The predicted molar refractivity (Wildman–Crippen MR) is 54.5 cm³/mol. The van der Waals surface area contributed by atoms with Gasteiger partial charge in [0, 0.05) is 0 Å². The summed E-state index contributed by atoms with van der Waals surface area (Å²) in [7, 11) is 1.31. The second-order valence-corrected chi connectivity index (χ2v) is 0.707. The lowest BCUT2D eigenvalue weighted by Crippen LogP contribution is -1.27. The molecule has 0 saturated heterocycles. The summed E-state index contributed by atoms with van der Waals surface area (Å²) in [6, 6.07) is 0. The van der Waals surface area contributed by atoms with Crippen LogP contribution in [0.2, 0.25) is 6.55 Å². The van der Waals surface area contributed by atoms with Crippen molar-refractivity contribution in [1.82, 2.24) is 0 Å². The maximum atomic E-state index is 2.14. The first-order chi connectivity index (χ1) is 4.41. The standard InChI is InChI=1S/C3H8.2C2H6.CH6Si/c1-3-2;3*1-2/h3H2,1-2H3;3*1-2H3. The number of rotatable bonds is 0. The summed E-state index contributed by atoms with van der Waals surface area (Å²) in [6.07, 6.45) is 1.25. The Kier molecular flexibility index (Phi) is 734. The Morgan fingerprint density at radius 3 is 0.778 bits per heavy atom. The minimum Gasteiger partial charge on any atom is -0.0777 e. The molecule has 0 aromatic rings. The SMILES string of the molecule is CC.CC.CCC.C[SiH3]. The van der Waals surface area contributed by atoms with Crippen molar-refractivity contribution in [1.29, 1.82) is 0 Å². The average Bonchev–Trinajstić information content (AvgIpc) is 2.01. The molecule has 0 amide bonds. The van der Waals surface area contributed by atoms with Crippen molar-refractivity contribution in [2.24, 2.45) is 0 Å². The molecule has 0 aliphatic heterocycles. The van der Waals surface area contributed by atoms with Gasteiger partial charge >= 0.3 is 0 Å². The molecule has 0 atom stereocenters. The molecule has 0 radical (unpaired) electrons. The van der Waals surface area contributed by atoms with E-state index in [1.807, 2.05) is 27.7 Å². The molecule has 0 spiro atoms. The molecule has 0 N–H and O–H groups in total. The van der Waals surface area contributed by atoms with Crippen molar-refractivity contribution in [3.8, 4) is 0 Å². The third-order valence-electron chi connectivity index (χ3n) is 0. The lowest BCUT2D eigenvalue weighted by Gasteiger charge is -1.48. The van der Waals surface area contributed by atoms with Gasteiger partial charge in [0.2, 0.25) is 0 Å². The molecule has 9 heavy (non-hydrogen) atoms. The smallest absolute Gasteiger partial charge is 0.000585 e. The van der Waals surface area contributed by atoms with Crippen LogP contribution >= 0.6 is 0 Å². The maximum absolute atomic E-state index is 2.14. The molecule has 0 aliphatic carbocycles. The third-order valence-corrected chi connectivity index (χ3v) is 0. The van der Waals surface area contributed by atoms with E-state index in [-0.39, 0.29) is 0 Å². The molecule has 0 unspecified atom stereocenters. The van der Waals surface area contributed by atoms with Gasteiger partial charge in [-0.15, -0.1) is 0 Å². The fourth-order valence-corrected chi connectivity index (χ4v) is 0. The van der Waals surface area contributed by atoms with Crippen LogP contribution < -0.4 is 0 Å². The van der Waals surface area contributed by atoms with E-state index in [2.05, 4.69) is 20.4 Å². The number of hydrogen-bond acceptors (Lipinski definition) is 0. The molecular formula is C8H26Si. The highest BCUT2D eigenvalue weighted by atomic mass is 28.1. The van der Waals surface area contributed by atoms with Crippen LogP contribution in [0.4, 0.5) is 0 Å². The summed E-state index contributed by atoms with van der Waals surface area (Å²) in [5.41, 5.74) is 0. The Morgan fingerprint density at radius 2 is 0.778 bits per heavy atom. The number of hydrogen-bond donors (Lipinski definition) is 0. The molecule has 0 heterocycles. The van der Waals surface area contributed by atoms with Gasteiger partial charge in [-0.2, -0.15) is 0 Å². The predicted octanol–water partition coefficient (Wildman–Crippen LogP) is 2.87. The van der Waals surface area contributed by atoms with Crippen LogP contribution in [0.25, 0.3) is 0 Å². The molecule has 0 bridgehead atoms. The van der Waals surface area contributed by atoms with Gasteiger partial charge in [-0.25, -0.2) is 0 Å². The van der Waals surface area contributed by atoms with Crippen LogP contribution in [0, 0.1) is 0 Å². The zero-order valence-corrected chi connectivity index (χ0v) is 10.7. The molecule has 0 rings (SSSR count). The molecule has 0 saturated carbocycles. The summed E-state index contributed by atoms with van der Waals surface area (Å²) in [5.74, 6) is 0. The lowest BCUT2D eigenvalue weighted by molar-refractivity contribution is 1.09. The van der Waals surface area contributed by atoms with Gasteiger partial charge in [0.05, 0.1) is 0 Å². The van der Waals surface area contributed by atoms with E-state index >= 15 is 0 Å². The zero-order valence-electron chi connectivity index (χ0n) is 8.71.